The number of ether oxygens (including phenoxy) is 2. The van der Waals surface area contributed by atoms with Crippen LogP contribution < -0.4 is 4.74 Å². The number of benzene rings is 2. The molecule has 0 aliphatic heterocycles. The molecule has 0 aliphatic carbocycles. The molecule has 1 heterocycles. The Kier molecular flexibility index (Phi) is 5.59. The molecule has 0 N–H and O–H groups in total. The van der Waals surface area contributed by atoms with Crippen molar-refractivity contribution in [3.8, 4) is 16.3 Å². The molecular weight excluding hydrogens is 334 g/mol. The lowest BCUT2D eigenvalue weighted by Gasteiger charge is -2.04. The number of esters is 1. The molecule has 3 aromatic rings. The molecule has 3 rings (SSSR count). The molecule has 25 heavy (non-hydrogen) atoms. The smallest absolute Gasteiger partial charge is 0.331 e. The fraction of sp³-hybridized carbons (Fsp3) is 0.100. The summed E-state index contributed by atoms with van der Waals surface area (Å²) in [5.74, 6) is 0.377. The number of carbonyl (C=O) groups is 1. The third-order valence-corrected chi connectivity index (χ3v) is 4.39. The molecule has 0 saturated carbocycles. The van der Waals surface area contributed by atoms with E-state index in [1.165, 1.54) is 17.4 Å². The maximum atomic E-state index is 11.8. The Morgan fingerprint density at radius 2 is 1.88 bits per heavy atom. The van der Waals surface area contributed by atoms with Crippen LogP contribution in [0.15, 0.2) is 66.1 Å². The fourth-order valence-corrected chi connectivity index (χ4v) is 3.07. The average molecular weight is 351 g/mol. The number of thiazole rings is 1. The topological polar surface area (TPSA) is 48.4 Å². The maximum Gasteiger partial charge on any atom is 0.331 e. The number of hydrogen-bond acceptors (Lipinski definition) is 5. The molecule has 2 aromatic carbocycles. The van der Waals surface area contributed by atoms with Gasteiger partial charge < -0.3 is 9.47 Å². The fourth-order valence-electron chi connectivity index (χ4n) is 2.24. The summed E-state index contributed by atoms with van der Waals surface area (Å²) in [4.78, 5) is 16.3. The van der Waals surface area contributed by atoms with Crippen LogP contribution in [0.4, 0.5) is 0 Å². The highest BCUT2D eigenvalue weighted by molar-refractivity contribution is 7.13. The monoisotopic (exact) mass is 351 g/mol. The number of nitrogens with zero attached hydrogens (tertiary/aromatic N) is 1. The SMILES string of the molecule is COc1ccccc1-c1nc(COC(=O)/C=C/c2ccccc2)cs1. The molecule has 126 valence electrons. The molecule has 0 saturated heterocycles. The number of aromatic nitrogens is 1. The molecule has 0 bridgehead atoms. The minimum absolute atomic E-state index is 0.142. The van der Waals surface area contributed by atoms with Crippen molar-refractivity contribution in [2.45, 2.75) is 6.61 Å². The van der Waals surface area contributed by atoms with E-state index in [0.717, 1.165) is 21.9 Å². The average Bonchev–Trinajstić information content (AvgIpc) is 3.14. The van der Waals surface area contributed by atoms with E-state index in [4.69, 9.17) is 9.47 Å². The second-order valence-corrected chi connectivity index (χ2v) is 6.05. The Hall–Kier alpha value is -2.92. The molecule has 4 nitrogen and oxygen atoms in total. The zero-order valence-electron chi connectivity index (χ0n) is 13.7. The van der Waals surface area contributed by atoms with Crippen LogP contribution in [0.2, 0.25) is 0 Å². The maximum absolute atomic E-state index is 11.8. The van der Waals surface area contributed by atoms with E-state index >= 15 is 0 Å². The van der Waals surface area contributed by atoms with E-state index in [1.54, 1.807) is 13.2 Å². The van der Waals surface area contributed by atoms with E-state index in [9.17, 15) is 4.79 Å². The van der Waals surface area contributed by atoms with Gasteiger partial charge >= 0.3 is 5.97 Å². The summed E-state index contributed by atoms with van der Waals surface area (Å²) in [5.41, 5.74) is 2.59. The van der Waals surface area contributed by atoms with Crippen LogP contribution in [0.25, 0.3) is 16.6 Å². The summed E-state index contributed by atoms with van der Waals surface area (Å²) in [5, 5.41) is 2.72. The summed E-state index contributed by atoms with van der Waals surface area (Å²) in [6.07, 6.45) is 3.15. The van der Waals surface area contributed by atoms with Gasteiger partial charge in [-0.15, -0.1) is 11.3 Å². The van der Waals surface area contributed by atoms with Crippen molar-refractivity contribution in [3.05, 3.63) is 77.3 Å². The first-order chi connectivity index (χ1) is 12.3. The predicted molar refractivity (Wildman–Crippen MR) is 99.4 cm³/mol. The second-order valence-electron chi connectivity index (χ2n) is 5.20. The van der Waals surface area contributed by atoms with Crippen LogP contribution in [0, 0.1) is 0 Å². The molecule has 0 fully saturated rings. The van der Waals surface area contributed by atoms with Gasteiger partial charge in [0.15, 0.2) is 0 Å². The number of hydrogen-bond donors (Lipinski definition) is 0. The van der Waals surface area contributed by atoms with Gasteiger partial charge in [-0.05, 0) is 23.8 Å². The van der Waals surface area contributed by atoms with E-state index in [-0.39, 0.29) is 6.61 Å². The van der Waals surface area contributed by atoms with Crippen molar-refractivity contribution >= 4 is 23.4 Å². The molecule has 0 amide bonds. The first-order valence-corrected chi connectivity index (χ1v) is 8.62. The Labute approximate surface area is 150 Å². The predicted octanol–water partition coefficient (Wildman–Crippen LogP) is 4.58. The standard InChI is InChI=1S/C20H17NO3S/c1-23-18-10-6-5-9-17(18)20-21-16(14-25-20)13-24-19(22)12-11-15-7-3-2-4-8-15/h2-12,14H,13H2,1H3/b12-11+. The quantitative estimate of drug-likeness (QED) is 0.482. The molecule has 1 aromatic heterocycles. The Balaban J connectivity index is 1.60. The molecule has 0 atom stereocenters. The van der Waals surface area contributed by atoms with Crippen molar-refractivity contribution in [1.29, 1.82) is 0 Å². The first kappa shape index (κ1) is 16.9. The van der Waals surface area contributed by atoms with Gasteiger partial charge in [0, 0.05) is 11.5 Å². The number of para-hydroxylation sites is 1. The van der Waals surface area contributed by atoms with E-state index in [2.05, 4.69) is 4.98 Å². The van der Waals surface area contributed by atoms with Crippen LogP contribution in [0.5, 0.6) is 5.75 Å². The van der Waals surface area contributed by atoms with Crippen molar-refractivity contribution in [3.63, 3.8) is 0 Å². The van der Waals surface area contributed by atoms with Crippen LogP contribution >= 0.6 is 11.3 Å². The van der Waals surface area contributed by atoms with Crippen molar-refractivity contribution in [2.24, 2.45) is 0 Å². The summed E-state index contributed by atoms with van der Waals surface area (Å²) >= 11 is 1.49. The minimum atomic E-state index is -0.393. The second kappa shape index (κ2) is 8.26. The van der Waals surface area contributed by atoms with Gasteiger partial charge in [0.05, 0.1) is 18.4 Å². The minimum Gasteiger partial charge on any atom is -0.496 e. The molecule has 0 spiro atoms. The van der Waals surface area contributed by atoms with Gasteiger partial charge in [-0.25, -0.2) is 9.78 Å². The number of carbonyl (C=O) groups excluding carboxylic acids is 1. The van der Waals surface area contributed by atoms with Crippen LogP contribution in [0.3, 0.4) is 0 Å². The highest BCUT2D eigenvalue weighted by Crippen LogP contribution is 2.31. The lowest BCUT2D eigenvalue weighted by molar-refractivity contribution is -0.139. The third-order valence-electron chi connectivity index (χ3n) is 3.46. The summed E-state index contributed by atoms with van der Waals surface area (Å²) in [6.45, 7) is 0.142. The lowest BCUT2D eigenvalue weighted by atomic mass is 10.2. The highest BCUT2D eigenvalue weighted by atomic mass is 32.1. The lowest BCUT2D eigenvalue weighted by Crippen LogP contribution is -2.01. The van der Waals surface area contributed by atoms with Crippen LogP contribution in [0.1, 0.15) is 11.3 Å². The largest absolute Gasteiger partial charge is 0.496 e. The van der Waals surface area contributed by atoms with Crippen molar-refractivity contribution in [1.82, 2.24) is 4.98 Å². The molecule has 0 aliphatic rings. The summed E-state index contributed by atoms with van der Waals surface area (Å²) in [7, 11) is 1.63. The van der Waals surface area contributed by atoms with Gasteiger partial charge in [-0.3, -0.25) is 0 Å². The van der Waals surface area contributed by atoms with Gasteiger partial charge in [0.1, 0.15) is 17.4 Å². The molecule has 5 heteroatoms. The van der Waals surface area contributed by atoms with Gasteiger partial charge in [-0.1, -0.05) is 42.5 Å². The highest BCUT2D eigenvalue weighted by Gasteiger charge is 2.10. The van der Waals surface area contributed by atoms with E-state index in [1.807, 2.05) is 60.0 Å². The van der Waals surface area contributed by atoms with Gasteiger partial charge in [0.2, 0.25) is 0 Å². The van der Waals surface area contributed by atoms with Gasteiger partial charge in [0.25, 0.3) is 0 Å². The zero-order valence-corrected chi connectivity index (χ0v) is 14.5. The summed E-state index contributed by atoms with van der Waals surface area (Å²) < 4.78 is 10.6. The van der Waals surface area contributed by atoms with Crippen molar-refractivity contribution < 1.29 is 14.3 Å². The van der Waals surface area contributed by atoms with E-state index in [0.29, 0.717) is 5.69 Å². The Morgan fingerprint density at radius 3 is 2.68 bits per heavy atom. The number of rotatable bonds is 6. The molecule has 0 radical (unpaired) electrons. The Morgan fingerprint density at radius 1 is 1.12 bits per heavy atom. The number of methoxy groups -OCH3 is 1. The molecular formula is C20H17NO3S. The summed E-state index contributed by atoms with van der Waals surface area (Å²) in [6, 6.07) is 17.3. The Bertz CT molecular complexity index is 871. The zero-order chi connectivity index (χ0) is 17.5. The molecule has 0 unspecified atom stereocenters. The van der Waals surface area contributed by atoms with E-state index < -0.39 is 5.97 Å². The van der Waals surface area contributed by atoms with Crippen molar-refractivity contribution in [2.75, 3.05) is 7.11 Å². The van der Waals surface area contributed by atoms with Gasteiger partial charge in [-0.2, -0.15) is 0 Å². The van der Waals surface area contributed by atoms with Crippen LogP contribution in [-0.2, 0) is 16.1 Å². The first-order valence-electron chi connectivity index (χ1n) is 7.74. The normalized spacial score (nSPS) is 10.8. The third kappa shape index (κ3) is 4.55. The van der Waals surface area contributed by atoms with Crippen LogP contribution in [-0.4, -0.2) is 18.1 Å².